The van der Waals surface area contributed by atoms with Gasteiger partial charge in [-0.15, -0.1) is 0 Å². The minimum atomic E-state index is -0.178. The molecule has 26 heavy (non-hydrogen) atoms. The van der Waals surface area contributed by atoms with E-state index in [4.69, 9.17) is 9.72 Å². The topological polar surface area (TPSA) is 58.6 Å². The molecule has 0 aromatic carbocycles. The van der Waals surface area contributed by atoms with E-state index in [2.05, 4.69) is 16.0 Å². The van der Waals surface area contributed by atoms with E-state index in [1.54, 1.807) is 0 Å². The maximum atomic E-state index is 13.0. The Kier molecular flexibility index (Phi) is 5.48. The van der Waals surface area contributed by atoms with Crippen molar-refractivity contribution in [2.24, 2.45) is 0 Å². The van der Waals surface area contributed by atoms with E-state index >= 15 is 0 Å². The molecule has 140 valence electrons. The molecule has 6 nitrogen and oxygen atoms in total. The van der Waals surface area contributed by atoms with Crippen LogP contribution in [0.4, 0.5) is 5.82 Å². The third-order valence-electron chi connectivity index (χ3n) is 5.60. The molecule has 2 fully saturated rings. The summed E-state index contributed by atoms with van der Waals surface area (Å²) in [5, 5.41) is 0. The number of amides is 1. The molecule has 0 saturated carbocycles. The third-order valence-corrected chi connectivity index (χ3v) is 5.60. The normalized spacial score (nSPS) is 23.8. The zero-order chi connectivity index (χ0) is 17.8. The van der Waals surface area contributed by atoms with Crippen molar-refractivity contribution in [2.45, 2.75) is 51.0 Å². The highest BCUT2D eigenvalue weighted by atomic mass is 16.5. The summed E-state index contributed by atoms with van der Waals surface area (Å²) in [6.45, 7) is 3.79. The van der Waals surface area contributed by atoms with Crippen LogP contribution in [-0.4, -0.2) is 53.6 Å². The second kappa shape index (κ2) is 8.16. The summed E-state index contributed by atoms with van der Waals surface area (Å²) in [6, 6.07) is 1.79. The Hall–Kier alpha value is -1.95. The molecule has 0 bridgehead atoms. The van der Waals surface area contributed by atoms with E-state index in [9.17, 15) is 4.79 Å². The molecule has 0 radical (unpaired) electrons. The highest BCUT2D eigenvalue weighted by molar-refractivity contribution is 5.79. The van der Waals surface area contributed by atoms with Gasteiger partial charge in [0, 0.05) is 32.3 Å². The molecule has 0 N–H and O–H groups in total. The predicted molar refractivity (Wildman–Crippen MR) is 99.9 cm³/mol. The van der Waals surface area contributed by atoms with Crippen molar-refractivity contribution in [3.63, 3.8) is 0 Å². The molecule has 2 saturated heterocycles. The monoisotopic (exact) mass is 356 g/mol. The molecular weight excluding hydrogens is 328 g/mol. The van der Waals surface area contributed by atoms with Gasteiger partial charge in [-0.05, 0) is 44.6 Å². The van der Waals surface area contributed by atoms with Crippen LogP contribution in [-0.2, 0) is 9.53 Å². The van der Waals surface area contributed by atoms with Gasteiger partial charge in [-0.25, -0.2) is 9.97 Å². The first-order chi connectivity index (χ1) is 12.8. The van der Waals surface area contributed by atoms with Gasteiger partial charge in [-0.2, -0.15) is 0 Å². The first-order valence-corrected chi connectivity index (χ1v) is 9.94. The molecule has 2 aliphatic heterocycles. The lowest BCUT2D eigenvalue weighted by atomic mass is 9.96. The number of allylic oxidation sites excluding steroid dienone is 1. The number of nitrogens with zero attached hydrogens (tertiary/aromatic N) is 4. The van der Waals surface area contributed by atoms with Crippen LogP contribution in [0.15, 0.2) is 23.9 Å². The highest BCUT2D eigenvalue weighted by Gasteiger charge is 2.31. The van der Waals surface area contributed by atoms with E-state index in [0.717, 1.165) is 31.7 Å². The lowest BCUT2D eigenvalue weighted by molar-refractivity contribution is -0.139. The second-order valence-electron chi connectivity index (χ2n) is 7.43. The van der Waals surface area contributed by atoms with E-state index in [0.29, 0.717) is 32.0 Å². The maximum Gasteiger partial charge on any atom is 0.227 e. The van der Waals surface area contributed by atoms with Gasteiger partial charge in [0.25, 0.3) is 0 Å². The van der Waals surface area contributed by atoms with Crippen molar-refractivity contribution < 1.29 is 9.53 Å². The van der Waals surface area contributed by atoms with E-state index in [1.165, 1.54) is 31.3 Å². The van der Waals surface area contributed by atoms with Crippen molar-refractivity contribution in [3.05, 3.63) is 29.7 Å². The fourth-order valence-corrected chi connectivity index (χ4v) is 4.12. The molecule has 1 amide bonds. The van der Waals surface area contributed by atoms with Crippen LogP contribution in [0.2, 0.25) is 0 Å². The zero-order valence-corrected chi connectivity index (χ0v) is 15.4. The quantitative estimate of drug-likeness (QED) is 0.777. The Bertz CT molecular complexity index is 670. The van der Waals surface area contributed by atoms with Crippen molar-refractivity contribution >= 4 is 11.7 Å². The van der Waals surface area contributed by atoms with Gasteiger partial charge >= 0.3 is 0 Å². The number of anilines is 1. The number of carbonyl (C=O) groups excluding carboxylic acids is 1. The van der Waals surface area contributed by atoms with Gasteiger partial charge in [0.05, 0.1) is 13.2 Å². The van der Waals surface area contributed by atoms with E-state index < -0.39 is 0 Å². The number of hydrogen-bond donors (Lipinski definition) is 0. The summed E-state index contributed by atoms with van der Waals surface area (Å²) < 4.78 is 5.67. The number of morpholine rings is 1. The van der Waals surface area contributed by atoms with Crippen LogP contribution in [0.1, 0.15) is 56.8 Å². The molecule has 0 unspecified atom stereocenters. The summed E-state index contributed by atoms with van der Waals surface area (Å²) in [5.41, 5.74) is 1.29. The van der Waals surface area contributed by atoms with Gasteiger partial charge in [0.15, 0.2) is 5.82 Å². The average molecular weight is 356 g/mol. The van der Waals surface area contributed by atoms with Gasteiger partial charge in [-0.3, -0.25) is 4.79 Å². The highest BCUT2D eigenvalue weighted by Crippen LogP contribution is 2.27. The molecule has 1 aromatic rings. The molecule has 3 heterocycles. The van der Waals surface area contributed by atoms with Gasteiger partial charge < -0.3 is 14.5 Å². The molecule has 1 aliphatic carbocycles. The molecule has 1 atom stereocenters. The Morgan fingerprint density at radius 2 is 2.08 bits per heavy atom. The average Bonchev–Trinajstić information content (AvgIpc) is 3.24. The van der Waals surface area contributed by atoms with Crippen molar-refractivity contribution in [1.82, 2.24) is 14.9 Å². The van der Waals surface area contributed by atoms with E-state index in [-0.39, 0.29) is 11.9 Å². The number of hydrogen-bond acceptors (Lipinski definition) is 5. The second-order valence-corrected chi connectivity index (χ2v) is 7.43. The van der Waals surface area contributed by atoms with Crippen LogP contribution >= 0.6 is 0 Å². The summed E-state index contributed by atoms with van der Waals surface area (Å²) in [5.74, 6) is 1.86. The summed E-state index contributed by atoms with van der Waals surface area (Å²) in [7, 11) is 0. The number of carbonyl (C=O) groups is 1. The third kappa shape index (κ3) is 3.90. The van der Waals surface area contributed by atoms with Crippen molar-refractivity contribution in [1.29, 1.82) is 0 Å². The summed E-state index contributed by atoms with van der Waals surface area (Å²) in [6.07, 6.45) is 11.6. The summed E-state index contributed by atoms with van der Waals surface area (Å²) in [4.78, 5) is 26.5. The van der Waals surface area contributed by atoms with Gasteiger partial charge in [-0.1, -0.05) is 11.6 Å². The minimum Gasteiger partial charge on any atom is -0.377 e. The van der Waals surface area contributed by atoms with Crippen molar-refractivity contribution in [2.75, 3.05) is 37.7 Å². The van der Waals surface area contributed by atoms with Crippen LogP contribution in [0.5, 0.6) is 0 Å². The minimum absolute atomic E-state index is 0.178. The maximum absolute atomic E-state index is 13.0. The SMILES string of the molecule is O=C(CC1=CCCCC1)N1CCOC[C@@H]1c1nccc(N2CCCC2)n1. The molecule has 3 aliphatic rings. The smallest absolute Gasteiger partial charge is 0.227 e. The lowest BCUT2D eigenvalue weighted by Crippen LogP contribution is -2.44. The predicted octanol–water partition coefficient (Wildman–Crippen LogP) is 2.87. The first-order valence-electron chi connectivity index (χ1n) is 9.94. The lowest BCUT2D eigenvalue weighted by Gasteiger charge is -2.35. The molecular formula is C20H28N4O2. The van der Waals surface area contributed by atoms with Gasteiger partial charge in [0.2, 0.25) is 5.91 Å². The summed E-state index contributed by atoms with van der Waals surface area (Å²) >= 11 is 0. The Balaban J connectivity index is 1.50. The zero-order valence-electron chi connectivity index (χ0n) is 15.4. The molecule has 4 rings (SSSR count). The number of rotatable bonds is 4. The molecule has 1 aromatic heterocycles. The Morgan fingerprint density at radius 3 is 2.88 bits per heavy atom. The fourth-order valence-electron chi connectivity index (χ4n) is 4.12. The Morgan fingerprint density at radius 1 is 1.19 bits per heavy atom. The molecule has 6 heteroatoms. The Labute approximate surface area is 155 Å². The van der Waals surface area contributed by atoms with Crippen molar-refractivity contribution in [3.8, 4) is 0 Å². The fraction of sp³-hybridized carbons (Fsp3) is 0.650. The van der Waals surface area contributed by atoms with Crippen LogP contribution in [0.25, 0.3) is 0 Å². The first kappa shape index (κ1) is 17.5. The number of ether oxygens (including phenoxy) is 1. The van der Waals surface area contributed by atoms with E-state index in [1.807, 2.05) is 17.2 Å². The molecule has 0 spiro atoms. The van der Waals surface area contributed by atoms with Crippen LogP contribution in [0, 0.1) is 0 Å². The largest absolute Gasteiger partial charge is 0.377 e. The van der Waals surface area contributed by atoms with Crippen LogP contribution < -0.4 is 4.90 Å². The van der Waals surface area contributed by atoms with Gasteiger partial charge in [0.1, 0.15) is 11.9 Å². The number of aromatic nitrogens is 2. The standard InChI is InChI=1S/C20H28N4O2/c25-19(14-16-6-2-1-3-7-16)24-12-13-26-15-17(24)20-21-9-8-18(22-20)23-10-4-5-11-23/h6,8-9,17H,1-5,7,10-15H2/t17-/m1/s1. The van der Waals surface area contributed by atoms with Crippen LogP contribution in [0.3, 0.4) is 0 Å².